The molecule has 84 valence electrons. The van der Waals surface area contributed by atoms with Gasteiger partial charge >= 0.3 is 0 Å². The topological polar surface area (TPSA) is 49.4 Å². The van der Waals surface area contributed by atoms with E-state index in [1.165, 1.54) is 6.92 Å². The van der Waals surface area contributed by atoms with Crippen molar-refractivity contribution in [3.63, 3.8) is 0 Å². The second-order valence-corrected chi connectivity index (χ2v) is 4.74. The van der Waals surface area contributed by atoms with Gasteiger partial charge in [-0.3, -0.25) is 9.59 Å². The number of Topliss-reactive ketones (excluding diaryl/α,β-unsaturated/α-hetero) is 1. The Morgan fingerprint density at radius 3 is 2.87 bits per heavy atom. The first-order valence-electron chi connectivity index (χ1n) is 5.62. The number of carbonyl (C=O) groups excluding carboxylic acids is 2. The van der Waals surface area contributed by atoms with Gasteiger partial charge in [0.25, 0.3) is 0 Å². The molecule has 2 rings (SSSR count). The summed E-state index contributed by atoms with van der Waals surface area (Å²) >= 11 is 0. The van der Waals surface area contributed by atoms with Crippen molar-refractivity contribution in [2.75, 3.05) is 26.2 Å². The van der Waals surface area contributed by atoms with Crippen LogP contribution in [0.25, 0.3) is 0 Å². The maximum Gasteiger partial charge on any atom is 0.217 e. The minimum absolute atomic E-state index is 0.120. The van der Waals surface area contributed by atoms with Crippen LogP contribution in [0.15, 0.2) is 0 Å². The molecule has 0 aromatic heterocycles. The minimum Gasteiger partial charge on any atom is -0.349 e. The smallest absolute Gasteiger partial charge is 0.217 e. The van der Waals surface area contributed by atoms with Crippen LogP contribution in [0.1, 0.15) is 26.2 Å². The molecule has 2 atom stereocenters. The van der Waals surface area contributed by atoms with Crippen molar-refractivity contribution in [2.24, 2.45) is 5.41 Å². The van der Waals surface area contributed by atoms with Crippen LogP contribution < -0.4 is 5.32 Å². The Hall–Kier alpha value is -0.900. The van der Waals surface area contributed by atoms with Crippen LogP contribution in [0.4, 0.5) is 0 Å². The van der Waals surface area contributed by atoms with Gasteiger partial charge in [0.2, 0.25) is 5.91 Å². The van der Waals surface area contributed by atoms with E-state index >= 15 is 0 Å². The summed E-state index contributed by atoms with van der Waals surface area (Å²) in [5.74, 6) is 0.102. The predicted octanol–water partition coefficient (Wildman–Crippen LogP) is 0.178. The molecule has 1 amide bonds. The zero-order valence-corrected chi connectivity index (χ0v) is 9.21. The molecule has 0 spiro atoms. The van der Waals surface area contributed by atoms with Gasteiger partial charge in [-0.15, -0.1) is 0 Å². The molecule has 0 aromatic rings. The molecular formula is C11H18N2O2. The summed E-state index contributed by atoms with van der Waals surface area (Å²) in [6, 6.07) is 0. The van der Waals surface area contributed by atoms with E-state index in [9.17, 15) is 9.59 Å². The number of fused-ring (bicyclic) bond motifs is 2. The fourth-order valence-corrected chi connectivity index (χ4v) is 2.75. The second kappa shape index (κ2) is 3.93. The third kappa shape index (κ3) is 2.04. The Kier molecular flexibility index (Phi) is 2.78. The predicted molar refractivity (Wildman–Crippen MR) is 56.4 cm³/mol. The van der Waals surface area contributed by atoms with Crippen LogP contribution in [0.3, 0.4) is 0 Å². The lowest BCUT2D eigenvalue weighted by atomic mass is 9.77. The van der Waals surface area contributed by atoms with Crippen molar-refractivity contribution in [3.8, 4) is 0 Å². The van der Waals surface area contributed by atoms with Gasteiger partial charge in [-0.05, 0) is 32.4 Å². The zero-order chi connectivity index (χ0) is 10.9. The number of carbonyl (C=O) groups is 2. The quantitative estimate of drug-likeness (QED) is 0.723. The van der Waals surface area contributed by atoms with E-state index in [-0.39, 0.29) is 23.7 Å². The average molecular weight is 210 g/mol. The van der Waals surface area contributed by atoms with Crippen LogP contribution in [0.5, 0.6) is 0 Å². The van der Waals surface area contributed by atoms with Crippen LogP contribution in [0, 0.1) is 5.41 Å². The molecule has 15 heavy (non-hydrogen) atoms. The van der Waals surface area contributed by atoms with Crippen molar-refractivity contribution >= 4 is 11.7 Å². The number of amides is 1. The van der Waals surface area contributed by atoms with Crippen molar-refractivity contribution in [1.82, 2.24) is 10.2 Å². The normalized spacial score (nSPS) is 33.8. The fourth-order valence-electron chi connectivity index (χ4n) is 2.75. The molecule has 0 saturated carbocycles. The van der Waals surface area contributed by atoms with E-state index in [4.69, 9.17) is 0 Å². The van der Waals surface area contributed by atoms with E-state index in [0.717, 1.165) is 38.9 Å². The number of hydrogen-bond acceptors (Lipinski definition) is 3. The van der Waals surface area contributed by atoms with E-state index in [1.807, 2.05) is 0 Å². The third-order valence-corrected chi connectivity index (χ3v) is 3.65. The molecule has 4 heteroatoms. The number of nitrogens with one attached hydrogen (secondary N) is 1. The van der Waals surface area contributed by atoms with Gasteiger partial charge in [-0.2, -0.15) is 0 Å². The van der Waals surface area contributed by atoms with Gasteiger partial charge in [-0.1, -0.05) is 0 Å². The summed E-state index contributed by atoms with van der Waals surface area (Å²) < 4.78 is 0. The Morgan fingerprint density at radius 2 is 2.13 bits per heavy atom. The Bertz CT molecular complexity index is 286. The molecule has 2 fully saturated rings. The molecule has 2 heterocycles. The van der Waals surface area contributed by atoms with Crippen LogP contribution >= 0.6 is 0 Å². The first-order valence-corrected chi connectivity index (χ1v) is 5.62. The van der Waals surface area contributed by atoms with E-state index < -0.39 is 0 Å². The highest BCUT2D eigenvalue weighted by Crippen LogP contribution is 2.39. The Labute approximate surface area is 90.0 Å². The maximum absolute atomic E-state index is 12.0. The fraction of sp³-hybridized carbons (Fsp3) is 0.818. The monoisotopic (exact) mass is 210 g/mol. The number of hydrogen-bond donors (Lipinski definition) is 1. The lowest BCUT2D eigenvalue weighted by Crippen LogP contribution is -2.44. The van der Waals surface area contributed by atoms with E-state index in [0.29, 0.717) is 0 Å². The number of rotatable bonds is 3. The van der Waals surface area contributed by atoms with Crippen LogP contribution in [-0.4, -0.2) is 42.8 Å². The standard InChI is InChI=1S/C11H18N2O2/c1-9(14)12-7-10(15)11-3-2-5-13(8-11)6-4-11/h2-8H2,1H3,(H,12,14). The molecule has 2 aliphatic rings. The lowest BCUT2D eigenvalue weighted by Gasteiger charge is -2.32. The highest BCUT2D eigenvalue weighted by molar-refractivity contribution is 5.90. The molecule has 2 aliphatic heterocycles. The van der Waals surface area contributed by atoms with E-state index in [1.54, 1.807) is 0 Å². The summed E-state index contributed by atoms with van der Waals surface area (Å²) in [6.07, 6.45) is 3.10. The summed E-state index contributed by atoms with van der Waals surface area (Å²) in [6.45, 7) is 4.75. The summed E-state index contributed by atoms with van der Waals surface area (Å²) in [7, 11) is 0. The summed E-state index contributed by atoms with van der Waals surface area (Å²) in [5, 5.41) is 2.61. The summed E-state index contributed by atoms with van der Waals surface area (Å²) in [5.41, 5.74) is -0.138. The molecule has 2 saturated heterocycles. The molecule has 0 aliphatic carbocycles. The molecular weight excluding hydrogens is 192 g/mol. The number of piperidine rings is 1. The largest absolute Gasteiger partial charge is 0.349 e. The lowest BCUT2D eigenvalue weighted by molar-refractivity contribution is -0.130. The molecule has 4 nitrogen and oxygen atoms in total. The van der Waals surface area contributed by atoms with Gasteiger partial charge < -0.3 is 10.2 Å². The van der Waals surface area contributed by atoms with Crippen molar-refractivity contribution in [2.45, 2.75) is 26.2 Å². The maximum atomic E-state index is 12.0. The Morgan fingerprint density at radius 1 is 1.33 bits per heavy atom. The minimum atomic E-state index is -0.138. The molecule has 1 N–H and O–H groups in total. The number of nitrogens with zero attached hydrogens (tertiary/aromatic N) is 1. The van der Waals surface area contributed by atoms with Gasteiger partial charge in [0.1, 0.15) is 0 Å². The van der Waals surface area contributed by atoms with Gasteiger partial charge in [0.05, 0.1) is 6.54 Å². The van der Waals surface area contributed by atoms with E-state index in [2.05, 4.69) is 10.2 Å². The summed E-state index contributed by atoms with van der Waals surface area (Å²) in [4.78, 5) is 25.2. The highest BCUT2D eigenvalue weighted by atomic mass is 16.2. The zero-order valence-electron chi connectivity index (χ0n) is 9.21. The Balaban J connectivity index is 1.96. The highest BCUT2D eigenvalue weighted by Gasteiger charge is 2.45. The number of ketones is 1. The molecule has 2 bridgehead atoms. The first kappa shape index (κ1) is 10.6. The van der Waals surface area contributed by atoms with Crippen LogP contribution in [-0.2, 0) is 9.59 Å². The SMILES string of the molecule is CC(=O)NCC(=O)C12CCCN(CC1)C2. The molecule has 0 aromatic carbocycles. The van der Waals surface area contributed by atoms with Crippen molar-refractivity contribution < 1.29 is 9.59 Å². The first-order chi connectivity index (χ1) is 7.12. The molecule has 0 radical (unpaired) electrons. The van der Waals surface area contributed by atoms with Gasteiger partial charge in [-0.25, -0.2) is 0 Å². The van der Waals surface area contributed by atoms with Gasteiger partial charge in [0, 0.05) is 18.9 Å². The van der Waals surface area contributed by atoms with Crippen molar-refractivity contribution in [3.05, 3.63) is 0 Å². The van der Waals surface area contributed by atoms with Crippen LogP contribution in [0.2, 0.25) is 0 Å². The third-order valence-electron chi connectivity index (χ3n) is 3.65. The second-order valence-electron chi connectivity index (χ2n) is 4.74. The van der Waals surface area contributed by atoms with Crippen molar-refractivity contribution in [1.29, 1.82) is 0 Å². The average Bonchev–Trinajstić information content (AvgIpc) is 2.52. The molecule has 2 unspecified atom stereocenters. The van der Waals surface area contributed by atoms with Gasteiger partial charge in [0.15, 0.2) is 5.78 Å².